The normalized spacial score (nSPS) is 12.6. The summed E-state index contributed by atoms with van der Waals surface area (Å²) in [6, 6.07) is 9.77. The summed E-state index contributed by atoms with van der Waals surface area (Å²) in [5.74, 6) is 0.688. The Bertz CT molecular complexity index is 456. The number of benzene rings is 1. The van der Waals surface area contributed by atoms with Gasteiger partial charge < -0.3 is 14.7 Å². The van der Waals surface area contributed by atoms with Crippen LogP contribution in [0.5, 0.6) is 0 Å². The van der Waals surface area contributed by atoms with Crippen molar-refractivity contribution in [1.29, 1.82) is 0 Å². The second-order valence-electron chi connectivity index (χ2n) is 3.74. The lowest BCUT2D eigenvalue weighted by atomic mass is 10.1. The molecule has 1 atom stereocenters. The molecule has 5 nitrogen and oxygen atoms in total. The summed E-state index contributed by atoms with van der Waals surface area (Å²) < 4.78 is 4.93. The Labute approximate surface area is 98.7 Å². The van der Waals surface area contributed by atoms with Crippen molar-refractivity contribution in [3.05, 3.63) is 47.6 Å². The van der Waals surface area contributed by atoms with Crippen LogP contribution in [-0.2, 0) is 6.42 Å². The van der Waals surface area contributed by atoms with Crippen LogP contribution >= 0.6 is 0 Å². The summed E-state index contributed by atoms with van der Waals surface area (Å²) in [5.41, 5.74) is 1.08. The van der Waals surface area contributed by atoms with Crippen molar-refractivity contribution < 1.29 is 14.7 Å². The number of nitrogens with zero attached hydrogens (tertiary/aromatic N) is 2. The van der Waals surface area contributed by atoms with E-state index in [9.17, 15) is 5.11 Å². The van der Waals surface area contributed by atoms with Crippen LogP contribution in [0.15, 0.2) is 34.9 Å². The van der Waals surface area contributed by atoms with Crippen molar-refractivity contribution in [3.63, 3.8) is 0 Å². The zero-order chi connectivity index (χ0) is 12.1. The maximum absolute atomic E-state index is 9.54. The van der Waals surface area contributed by atoms with Gasteiger partial charge in [0.05, 0.1) is 0 Å². The molecule has 5 heteroatoms. The molecule has 0 saturated carbocycles. The first kappa shape index (κ1) is 11.8. The zero-order valence-corrected chi connectivity index (χ0v) is 9.28. The molecule has 0 radical (unpaired) electrons. The van der Waals surface area contributed by atoms with Gasteiger partial charge in [-0.2, -0.15) is 4.98 Å². The minimum atomic E-state index is -0.892. The summed E-state index contributed by atoms with van der Waals surface area (Å²) in [7, 11) is 0. The maximum atomic E-state index is 9.54. The van der Waals surface area contributed by atoms with E-state index in [2.05, 4.69) is 10.1 Å². The number of hydrogen-bond donors (Lipinski definition) is 2. The van der Waals surface area contributed by atoms with E-state index < -0.39 is 6.10 Å². The summed E-state index contributed by atoms with van der Waals surface area (Å²) in [6.45, 7) is -0.114. The Morgan fingerprint density at radius 2 is 2.00 bits per heavy atom. The number of rotatable bonds is 5. The smallest absolute Gasteiger partial charge is 0.255 e. The fourth-order valence-electron chi connectivity index (χ4n) is 1.50. The molecule has 0 bridgehead atoms. The third kappa shape index (κ3) is 3.12. The summed E-state index contributed by atoms with van der Waals surface area (Å²) >= 11 is 0. The van der Waals surface area contributed by atoms with E-state index in [-0.39, 0.29) is 18.9 Å². The minimum absolute atomic E-state index is 0.114. The number of hydrogen-bond acceptors (Lipinski definition) is 5. The fourth-order valence-corrected chi connectivity index (χ4v) is 1.50. The van der Waals surface area contributed by atoms with Crippen LogP contribution in [0.25, 0.3) is 0 Å². The first-order valence-electron chi connectivity index (χ1n) is 5.45. The van der Waals surface area contributed by atoms with Gasteiger partial charge in [0.1, 0.15) is 6.10 Å². The van der Waals surface area contributed by atoms with Crippen molar-refractivity contribution in [1.82, 2.24) is 10.1 Å². The van der Waals surface area contributed by atoms with Crippen LogP contribution in [0.1, 0.15) is 29.8 Å². The first-order valence-corrected chi connectivity index (χ1v) is 5.45. The second kappa shape index (κ2) is 5.56. The number of aromatic nitrogens is 2. The summed E-state index contributed by atoms with van der Waals surface area (Å²) in [6.07, 6.45) is -0.125. The Hall–Kier alpha value is -1.72. The molecule has 2 N–H and O–H groups in total. The lowest BCUT2D eigenvalue weighted by Crippen LogP contribution is -2.00. The molecule has 0 saturated heterocycles. The largest absolute Gasteiger partial charge is 0.396 e. The Morgan fingerprint density at radius 3 is 2.71 bits per heavy atom. The van der Waals surface area contributed by atoms with E-state index in [1.165, 1.54) is 0 Å². The number of aliphatic hydroxyl groups excluding tert-OH is 2. The van der Waals surface area contributed by atoms with Crippen LogP contribution in [-0.4, -0.2) is 27.0 Å². The molecule has 0 spiro atoms. The van der Waals surface area contributed by atoms with E-state index in [4.69, 9.17) is 9.63 Å². The van der Waals surface area contributed by atoms with Gasteiger partial charge in [-0.05, 0) is 5.56 Å². The lowest BCUT2D eigenvalue weighted by Gasteiger charge is -2.00. The van der Waals surface area contributed by atoms with Crippen LogP contribution < -0.4 is 0 Å². The Kier molecular flexibility index (Phi) is 3.85. The van der Waals surface area contributed by atoms with E-state index in [1.807, 2.05) is 30.3 Å². The Morgan fingerprint density at radius 1 is 1.24 bits per heavy atom. The molecule has 1 aromatic heterocycles. The molecule has 0 fully saturated rings. The van der Waals surface area contributed by atoms with Gasteiger partial charge in [-0.15, -0.1) is 0 Å². The molecule has 0 aliphatic rings. The van der Waals surface area contributed by atoms with E-state index in [0.29, 0.717) is 12.2 Å². The predicted octanol–water partition coefficient (Wildman–Crippen LogP) is 1.08. The third-order valence-electron chi connectivity index (χ3n) is 2.38. The fraction of sp³-hybridized carbons (Fsp3) is 0.333. The Balaban J connectivity index is 2.04. The van der Waals surface area contributed by atoms with Crippen LogP contribution in [0.4, 0.5) is 0 Å². The summed E-state index contributed by atoms with van der Waals surface area (Å²) in [5, 5.41) is 22.0. The van der Waals surface area contributed by atoms with Gasteiger partial charge >= 0.3 is 0 Å². The highest BCUT2D eigenvalue weighted by Crippen LogP contribution is 2.14. The van der Waals surface area contributed by atoms with Gasteiger partial charge in [-0.3, -0.25) is 0 Å². The van der Waals surface area contributed by atoms with Crippen LogP contribution in [0, 0.1) is 0 Å². The minimum Gasteiger partial charge on any atom is -0.396 e. The molecular formula is C12H14N2O3. The highest BCUT2D eigenvalue weighted by molar-refractivity contribution is 5.18. The average Bonchev–Trinajstić information content (AvgIpc) is 2.79. The van der Waals surface area contributed by atoms with Crippen molar-refractivity contribution >= 4 is 0 Å². The lowest BCUT2D eigenvalue weighted by molar-refractivity contribution is 0.101. The van der Waals surface area contributed by atoms with Gasteiger partial charge in [0.25, 0.3) is 5.89 Å². The van der Waals surface area contributed by atoms with Crippen molar-refractivity contribution in [2.75, 3.05) is 6.61 Å². The summed E-state index contributed by atoms with van der Waals surface area (Å²) in [4.78, 5) is 4.09. The monoisotopic (exact) mass is 234 g/mol. The standard InChI is InChI=1S/C12H14N2O3/c15-7-6-10(16)12-13-11(14-17-12)8-9-4-2-1-3-5-9/h1-5,10,15-16H,6-8H2. The molecule has 1 unspecified atom stereocenters. The number of aliphatic hydroxyl groups is 2. The van der Waals surface area contributed by atoms with Crippen molar-refractivity contribution in [3.8, 4) is 0 Å². The molecule has 17 heavy (non-hydrogen) atoms. The molecule has 0 aliphatic heterocycles. The molecular weight excluding hydrogens is 220 g/mol. The van der Waals surface area contributed by atoms with Gasteiger partial charge in [-0.1, -0.05) is 35.5 Å². The molecule has 0 amide bonds. The third-order valence-corrected chi connectivity index (χ3v) is 2.38. The first-order chi connectivity index (χ1) is 8.29. The highest BCUT2D eigenvalue weighted by atomic mass is 16.5. The maximum Gasteiger partial charge on any atom is 0.255 e. The van der Waals surface area contributed by atoms with Crippen molar-refractivity contribution in [2.45, 2.75) is 18.9 Å². The van der Waals surface area contributed by atoms with E-state index >= 15 is 0 Å². The molecule has 90 valence electrons. The molecule has 2 rings (SSSR count). The average molecular weight is 234 g/mol. The van der Waals surface area contributed by atoms with E-state index in [1.54, 1.807) is 0 Å². The topological polar surface area (TPSA) is 79.4 Å². The SMILES string of the molecule is OCCC(O)c1nc(Cc2ccccc2)no1. The van der Waals surface area contributed by atoms with Gasteiger partial charge in [0.15, 0.2) is 5.82 Å². The molecule has 1 heterocycles. The molecule has 2 aromatic rings. The molecule has 0 aliphatic carbocycles. The molecule has 1 aromatic carbocycles. The van der Waals surface area contributed by atoms with Gasteiger partial charge in [-0.25, -0.2) is 0 Å². The second-order valence-corrected chi connectivity index (χ2v) is 3.74. The van der Waals surface area contributed by atoms with Crippen LogP contribution in [0.2, 0.25) is 0 Å². The van der Waals surface area contributed by atoms with E-state index in [0.717, 1.165) is 5.56 Å². The van der Waals surface area contributed by atoms with Gasteiger partial charge in [0, 0.05) is 19.4 Å². The quantitative estimate of drug-likeness (QED) is 0.809. The van der Waals surface area contributed by atoms with Gasteiger partial charge in [0.2, 0.25) is 0 Å². The predicted molar refractivity (Wildman–Crippen MR) is 60.2 cm³/mol. The van der Waals surface area contributed by atoms with Crippen LogP contribution in [0.3, 0.4) is 0 Å². The zero-order valence-electron chi connectivity index (χ0n) is 9.28. The van der Waals surface area contributed by atoms with Crippen molar-refractivity contribution in [2.24, 2.45) is 0 Å². The highest BCUT2D eigenvalue weighted by Gasteiger charge is 2.15.